The summed E-state index contributed by atoms with van der Waals surface area (Å²) in [6.45, 7) is 2.51. The molecule has 0 bridgehead atoms. The highest BCUT2D eigenvalue weighted by Crippen LogP contribution is 2.32. The SMILES string of the molecule is C[C@@H]1Cc2ccccc2N1C(=O)N[C@H]1CC(=O)N(c2ccc(Cl)cc2)C1. The molecule has 0 radical (unpaired) electrons. The van der Waals surface area contributed by atoms with Crippen LogP contribution in [-0.2, 0) is 11.2 Å². The lowest BCUT2D eigenvalue weighted by molar-refractivity contribution is -0.117. The van der Waals surface area contributed by atoms with E-state index >= 15 is 0 Å². The first kappa shape index (κ1) is 16.9. The van der Waals surface area contributed by atoms with Gasteiger partial charge in [-0.15, -0.1) is 0 Å². The van der Waals surface area contributed by atoms with E-state index < -0.39 is 0 Å². The standard InChI is InChI=1S/C20H20ClN3O2/c1-13-10-14-4-2-3-5-18(14)24(13)20(26)22-16-11-19(25)23(12-16)17-8-6-15(21)7-9-17/h2-9,13,16H,10-12H2,1H3,(H,22,26)/t13-,16+/m1/s1. The van der Waals surface area contributed by atoms with Crippen LogP contribution in [0.3, 0.4) is 0 Å². The maximum Gasteiger partial charge on any atom is 0.322 e. The van der Waals surface area contributed by atoms with Gasteiger partial charge in [-0.25, -0.2) is 4.79 Å². The second kappa shape index (κ2) is 6.65. The summed E-state index contributed by atoms with van der Waals surface area (Å²) < 4.78 is 0. The number of nitrogens with zero attached hydrogens (tertiary/aromatic N) is 2. The molecule has 6 heteroatoms. The summed E-state index contributed by atoms with van der Waals surface area (Å²) in [6.07, 6.45) is 1.16. The van der Waals surface area contributed by atoms with Crippen molar-refractivity contribution in [3.8, 4) is 0 Å². The number of carbonyl (C=O) groups excluding carboxylic acids is 2. The Bertz CT molecular complexity index is 852. The number of anilines is 2. The monoisotopic (exact) mass is 369 g/mol. The molecule has 0 saturated carbocycles. The third-order valence-electron chi connectivity index (χ3n) is 5.02. The van der Waals surface area contributed by atoms with Gasteiger partial charge in [0, 0.05) is 35.4 Å². The average Bonchev–Trinajstić information content (AvgIpc) is 3.14. The highest BCUT2D eigenvalue weighted by Gasteiger charge is 2.35. The first-order valence-corrected chi connectivity index (χ1v) is 9.14. The number of halogens is 1. The van der Waals surface area contributed by atoms with E-state index in [4.69, 9.17) is 11.6 Å². The molecule has 26 heavy (non-hydrogen) atoms. The van der Waals surface area contributed by atoms with Crippen molar-refractivity contribution in [3.05, 3.63) is 59.1 Å². The molecule has 2 aromatic rings. The molecule has 134 valence electrons. The van der Waals surface area contributed by atoms with Crippen molar-refractivity contribution in [2.75, 3.05) is 16.3 Å². The van der Waals surface area contributed by atoms with Crippen molar-refractivity contribution in [1.29, 1.82) is 0 Å². The highest BCUT2D eigenvalue weighted by atomic mass is 35.5. The minimum atomic E-state index is -0.203. The minimum absolute atomic E-state index is 0.00694. The molecular weight excluding hydrogens is 350 g/mol. The fourth-order valence-electron chi connectivity index (χ4n) is 3.79. The lowest BCUT2D eigenvalue weighted by atomic mass is 10.1. The number of carbonyl (C=O) groups is 2. The van der Waals surface area contributed by atoms with Crippen LogP contribution in [0.15, 0.2) is 48.5 Å². The molecule has 2 aromatic carbocycles. The third-order valence-corrected chi connectivity index (χ3v) is 5.27. The van der Waals surface area contributed by atoms with Gasteiger partial charge in [-0.05, 0) is 49.2 Å². The van der Waals surface area contributed by atoms with Crippen molar-refractivity contribution in [3.63, 3.8) is 0 Å². The predicted octanol–water partition coefficient (Wildman–Crippen LogP) is 3.61. The predicted molar refractivity (Wildman–Crippen MR) is 103 cm³/mol. The molecule has 2 aliphatic heterocycles. The van der Waals surface area contributed by atoms with Gasteiger partial charge in [0.15, 0.2) is 0 Å². The Morgan fingerprint density at radius 1 is 1.12 bits per heavy atom. The third kappa shape index (κ3) is 3.03. The molecule has 0 spiro atoms. The van der Waals surface area contributed by atoms with Gasteiger partial charge in [0.2, 0.25) is 5.91 Å². The smallest absolute Gasteiger partial charge is 0.322 e. The van der Waals surface area contributed by atoms with E-state index in [2.05, 4.69) is 11.4 Å². The molecule has 4 rings (SSSR count). The highest BCUT2D eigenvalue weighted by molar-refractivity contribution is 6.30. The van der Waals surface area contributed by atoms with Gasteiger partial charge in [-0.1, -0.05) is 29.8 Å². The first-order valence-electron chi connectivity index (χ1n) is 8.76. The number of para-hydroxylation sites is 1. The van der Waals surface area contributed by atoms with Crippen LogP contribution >= 0.6 is 11.6 Å². The Morgan fingerprint density at radius 2 is 1.85 bits per heavy atom. The van der Waals surface area contributed by atoms with E-state index in [1.807, 2.05) is 37.3 Å². The molecule has 1 fully saturated rings. The van der Waals surface area contributed by atoms with Gasteiger partial charge in [-0.2, -0.15) is 0 Å². The van der Waals surface area contributed by atoms with E-state index in [-0.39, 0.29) is 24.0 Å². The Hall–Kier alpha value is -2.53. The van der Waals surface area contributed by atoms with Gasteiger partial charge in [0.25, 0.3) is 0 Å². The van der Waals surface area contributed by atoms with Crippen molar-refractivity contribution in [2.45, 2.75) is 31.8 Å². The van der Waals surface area contributed by atoms with Crippen molar-refractivity contribution in [2.24, 2.45) is 0 Å². The lowest BCUT2D eigenvalue weighted by Crippen LogP contribution is -2.48. The zero-order valence-corrected chi connectivity index (χ0v) is 15.2. The number of hydrogen-bond donors (Lipinski definition) is 1. The summed E-state index contributed by atoms with van der Waals surface area (Å²) >= 11 is 5.91. The summed E-state index contributed by atoms with van der Waals surface area (Å²) in [7, 11) is 0. The number of benzene rings is 2. The molecule has 0 aromatic heterocycles. The van der Waals surface area contributed by atoms with Crippen molar-refractivity contribution < 1.29 is 9.59 Å². The zero-order valence-electron chi connectivity index (χ0n) is 14.5. The summed E-state index contributed by atoms with van der Waals surface area (Å²) in [6, 6.07) is 14.9. The van der Waals surface area contributed by atoms with Gasteiger partial charge < -0.3 is 10.2 Å². The van der Waals surface area contributed by atoms with E-state index in [1.165, 1.54) is 5.56 Å². The number of amides is 3. The molecule has 2 heterocycles. The van der Waals surface area contributed by atoms with Crippen LogP contribution in [0.2, 0.25) is 5.02 Å². The Morgan fingerprint density at radius 3 is 2.62 bits per heavy atom. The Kier molecular flexibility index (Phi) is 4.32. The van der Waals surface area contributed by atoms with E-state index in [0.29, 0.717) is 18.0 Å². The van der Waals surface area contributed by atoms with Gasteiger partial charge in [0.1, 0.15) is 0 Å². The number of urea groups is 1. The maximum absolute atomic E-state index is 12.8. The van der Waals surface area contributed by atoms with E-state index in [9.17, 15) is 9.59 Å². The molecule has 5 nitrogen and oxygen atoms in total. The molecule has 1 N–H and O–H groups in total. The topological polar surface area (TPSA) is 52.7 Å². The molecular formula is C20H20ClN3O2. The second-order valence-corrected chi connectivity index (χ2v) is 7.32. The lowest BCUT2D eigenvalue weighted by Gasteiger charge is -2.25. The Balaban J connectivity index is 1.46. The number of fused-ring (bicyclic) bond motifs is 1. The molecule has 1 saturated heterocycles. The molecule has 2 atom stereocenters. The van der Waals surface area contributed by atoms with Gasteiger partial charge >= 0.3 is 6.03 Å². The fourth-order valence-corrected chi connectivity index (χ4v) is 3.92. The average molecular weight is 370 g/mol. The molecule has 0 unspecified atom stereocenters. The van der Waals surface area contributed by atoms with Crippen LogP contribution in [0.5, 0.6) is 0 Å². The summed E-state index contributed by atoms with van der Waals surface area (Å²) in [5.41, 5.74) is 2.94. The Labute approximate surface area is 157 Å². The van der Waals surface area contributed by atoms with E-state index in [1.54, 1.807) is 21.9 Å². The number of nitrogens with one attached hydrogen (secondary N) is 1. The largest absolute Gasteiger partial charge is 0.333 e. The van der Waals surface area contributed by atoms with Crippen LogP contribution in [0.1, 0.15) is 18.9 Å². The molecule has 3 amide bonds. The van der Waals surface area contributed by atoms with Crippen LogP contribution in [-0.4, -0.2) is 30.6 Å². The number of hydrogen-bond acceptors (Lipinski definition) is 2. The first-order chi connectivity index (χ1) is 12.5. The van der Waals surface area contributed by atoms with Crippen molar-refractivity contribution >= 4 is 34.9 Å². The van der Waals surface area contributed by atoms with Crippen LogP contribution in [0.4, 0.5) is 16.2 Å². The molecule has 0 aliphatic carbocycles. The molecule has 2 aliphatic rings. The van der Waals surface area contributed by atoms with Crippen molar-refractivity contribution in [1.82, 2.24) is 5.32 Å². The zero-order chi connectivity index (χ0) is 18.3. The summed E-state index contributed by atoms with van der Waals surface area (Å²) in [5, 5.41) is 3.66. The van der Waals surface area contributed by atoms with E-state index in [0.717, 1.165) is 17.8 Å². The van der Waals surface area contributed by atoms with Gasteiger partial charge in [0.05, 0.1) is 6.04 Å². The summed E-state index contributed by atoms with van der Waals surface area (Å²) in [4.78, 5) is 28.7. The summed E-state index contributed by atoms with van der Waals surface area (Å²) in [5.74, 6) is 0.00694. The fraction of sp³-hybridized carbons (Fsp3) is 0.300. The minimum Gasteiger partial charge on any atom is -0.333 e. The normalized spacial score (nSPS) is 21.8. The number of rotatable bonds is 2. The second-order valence-electron chi connectivity index (χ2n) is 6.88. The quantitative estimate of drug-likeness (QED) is 0.879. The van der Waals surface area contributed by atoms with Gasteiger partial charge in [-0.3, -0.25) is 9.69 Å². The van der Waals surface area contributed by atoms with Crippen LogP contribution < -0.4 is 15.1 Å². The maximum atomic E-state index is 12.8. The van der Waals surface area contributed by atoms with Crippen LogP contribution in [0, 0.1) is 0 Å². The van der Waals surface area contributed by atoms with Crippen LogP contribution in [0.25, 0.3) is 0 Å².